The lowest BCUT2D eigenvalue weighted by molar-refractivity contribution is -0.123. The predicted octanol–water partition coefficient (Wildman–Crippen LogP) is 5.74. The van der Waals surface area contributed by atoms with Crippen LogP contribution in [0.2, 0.25) is 5.02 Å². The summed E-state index contributed by atoms with van der Waals surface area (Å²) in [7, 11) is 1.50. The second-order valence-electron chi connectivity index (χ2n) is 7.02. The monoisotopic (exact) mass is 554 g/mol. The fourth-order valence-corrected chi connectivity index (χ4v) is 5.13. The molecule has 1 aliphatic rings. The molecule has 2 aromatic rings. The second-order valence-corrected chi connectivity index (χ2v) is 9.99. The summed E-state index contributed by atoms with van der Waals surface area (Å²) < 4.78 is 12.3. The van der Waals surface area contributed by atoms with Gasteiger partial charge in [0.25, 0.3) is 11.8 Å². The number of benzene rings is 2. The molecule has 168 valence electrons. The summed E-state index contributed by atoms with van der Waals surface area (Å²) in [5.74, 6) is 0.349. The molecular formula is C22H20BrClN2O4S2. The largest absolute Gasteiger partial charge is 0.493 e. The summed E-state index contributed by atoms with van der Waals surface area (Å²) in [4.78, 5) is 27.0. The van der Waals surface area contributed by atoms with Gasteiger partial charge in [0.1, 0.15) is 4.32 Å². The SMILES string of the molecule is COc1cc(/C=C2\SC(=S)N(C(C)C)C2=O)cc(Br)c1OCC(=O)Nc1ccc(Cl)cc1. The van der Waals surface area contributed by atoms with Crippen molar-refractivity contribution in [1.29, 1.82) is 0 Å². The number of nitrogens with one attached hydrogen (secondary N) is 1. The van der Waals surface area contributed by atoms with Gasteiger partial charge < -0.3 is 14.8 Å². The lowest BCUT2D eigenvalue weighted by Gasteiger charge is -2.18. The Balaban J connectivity index is 1.74. The average Bonchev–Trinajstić information content (AvgIpc) is 3.01. The van der Waals surface area contributed by atoms with Crippen LogP contribution in [-0.2, 0) is 9.59 Å². The third-order valence-corrected chi connectivity index (χ3v) is 6.54. The highest BCUT2D eigenvalue weighted by molar-refractivity contribution is 9.10. The third-order valence-electron chi connectivity index (χ3n) is 4.37. The van der Waals surface area contributed by atoms with E-state index in [2.05, 4.69) is 21.2 Å². The van der Waals surface area contributed by atoms with Gasteiger partial charge in [0.2, 0.25) is 0 Å². The van der Waals surface area contributed by atoms with Gasteiger partial charge in [-0.2, -0.15) is 0 Å². The number of thiocarbonyl (C=S) groups is 1. The number of hydrogen-bond acceptors (Lipinski definition) is 6. The van der Waals surface area contributed by atoms with Crippen LogP contribution in [0.25, 0.3) is 6.08 Å². The highest BCUT2D eigenvalue weighted by Gasteiger charge is 2.33. The van der Waals surface area contributed by atoms with Gasteiger partial charge in [-0.3, -0.25) is 14.5 Å². The maximum absolute atomic E-state index is 12.6. The molecule has 0 atom stereocenters. The van der Waals surface area contributed by atoms with E-state index in [1.165, 1.54) is 18.9 Å². The van der Waals surface area contributed by atoms with E-state index in [-0.39, 0.29) is 24.5 Å². The lowest BCUT2D eigenvalue weighted by Crippen LogP contribution is -2.34. The van der Waals surface area contributed by atoms with Crippen LogP contribution in [0.1, 0.15) is 19.4 Å². The van der Waals surface area contributed by atoms with E-state index >= 15 is 0 Å². The number of carbonyl (C=O) groups is 2. The molecule has 3 rings (SSSR count). The van der Waals surface area contributed by atoms with Crippen molar-refractivity contribution in [1.82, 2.24) is 4.90 Å². The number of halogens is 2. The molecule has 10 heteroatoms. The molecule has 0 saturated carbocycles. The number of thioether (sulfide) groups is 1. The van der Waals surface area contributed by atoms with E-state index in [9.17, 15) is 9.59 Å². The summed E-state index contributed by atoms with van der Waals surface area (Å²) in [5.41, 5.74) is 1.35. The Morgan fingerprint density at radius 2 is 2.00 bits per heavy atom. The number of anilines is 1. The zero-order chi connectivity index (χ0) is 23.4. The fraction of sp³-hybridized carbons (Fsp3) is 0.227. The van der Waals surface area contributed by atoms with Gasteiger partial charge in [0.05, 0.1) is 16.5 Å². The maximum Gasteiger partial charge on any atom is 0.266 e. The summed E-state index contributed by atoms with van der Waals surface area (Å²) in [6.07, 6.45) is 1.76. The number of amides is 2. The van der Waals surface area contributed by atoms with E-state index in [1.54, 1.807) is 47.4 Å². The van der Waals surface area contributed by atoms with Crippen molar-refractivity contribution in [2.75, 3.05) is 19.0 Å². The molecule has 0 aromatic heterocycles. The van der Waals surface area contributed by atoms with Crippen molar-refractivity contribution in [3.05, 3.63) is 56.4 Å². The number of rotatable bonds is 7. The Morgan fingerprint density at radius 1 is 1.31 bits per heavy atom. The number of carbonyl (C=O) groups excluding carboxylic acids is 2. The van der Waals surface area contributed by atoms with Gasteiger partial charge in [-0.15, -0.1) is 0 Å². The summed E-state index contributed by atoms with van der Waals surface area (Å²) in [6.45, 7) is 3.62. The van der Waals surface area contributed by atoms with Crippen molar-refractivity contribution in [2.45, 2.75) is 19.9 Å². The Hall–Kier alpha value is -2.07. The van der Waals surface area contributed by atoms with Crippen LogP contribution in [0, 0.1) is 0 Å². The molecule has 0 aliphatic carbocycles. The molecule has 2 amide bonds. The molecule has 6 nitrogen and oxygen atoms in total. The molecule has 2 aromatic carbocycles. The van der Waals surface area contributed by atoms with Gasteiger partial charge in [0, 0.05) is 16.8 Å². The number of ether oxygens (including phenoxy) is 2. The first-order chi connectivity index (χ1) is 15.2. The topological polar surface area (TPSA) is 67.9 Å². The van der Waals surface area contributed by atoms with Crippen LogP contribution in [0.3, 0.4) is 0 Å². The minimum atomic E-state index is -0.331. The molecule has 1 aliphatic heterocycles. The van der Waals surface area contributed by atoms with Crippen LogP contribution < -0.4 is 14.8 Å². The van der Waals surface area contributed by atoms with Gasteiger partial charge >= 0.3 is 0 Å². The Labute approximate surface area is 209 Å². The van der Waals surface area contributed by atoms with Gasteiger partial charge in [0.15, 0.2) is 18.1 Å². The molecule has 32 heavy (non-hydrogen) atoms. The Morgan fingerprint density at radius 3 is 2.59 bits per heavy atom. The van der Waals surface area contributed by atoms with E-state index < -0.39 is 0 Å². The van der Waals surface area contributed by atoms with Crippen molar-refractivity contribution in [3.63, 3.8) is 0 Å². The normalized spacial score (nSPS) is 14.9. The minimum Gasteiger partial charge on any atom is -0.493 e. The molecule has 1 fully saturated rings. The highest BCUT2D eigenvalue weighted by Crippen LogP contribution is 2.39. The first kappa shape index (κ1) is 24.6. The lowest BCUT2D eigenvalue weighted by atomic mass is 10.1. The van der Waals surface area contributed by atoms with Crippen LogP contribution in [0.4, 0.5) is 5.69 Å². The van der Waals surface area contributed by atoms with Gasteiger partial charge in [-0.25, -0.2) is 0 Å². The molecule has 0 spiro atoms. The third kappa shape index (κ3) is 5.83. The first-order valence-electron chi connectivity index (χ1n) is 9.52. The Kier molecular flexibility index (Phi) is 8.21. The Bertz CT molecular complexity index is 1090. The molecule has 0 bridgehead atoms. The summed E-state index contributed by atoms with van der Waals surface area (Å²) >= 11 is 15.9. The van der Waals surface area contributed by atoms with Crippen molar-refractivity contribution in [2.24, 2.45) is 0 Å². The molecule has 1 N–H and O–H groups in total. The number of methoxy groups -OCH3 is 1. The number of hydrogen-bond donors (Lipinski definition) is 1. The van der Waals surface area contributed by atoms with E-state index in [1.807, 2.05) is 13.8 Å². The average molecular weight is 556 g/mol. The summed E-state index contributed by atoms with van der Waals surface area (Å²) in [6, 6.07) is 10.3. The number of nitrogens with zero attached hydrogens (tertiary/aromatic N) is 1. The van der Waals surface area contributed by atoms with Crippen LogP contribution >= 0.6 is 51.5 Å². The fourth-order valence-electron chi connectivity index (χ4n) is 2.91. The smallest absolute Gasteiger partial charge is 0.266 e. The second kappa shape index (κ2) is 10.7. The zero-order valence-corrected chi connectivity index (χ0v) is 21.5. The first-order valence-corrected chi connectivity index (χ1v) is 11.9. The van der Waals surface area contributed by atoms with Crippen molar-refractivity contribution in [3.8, 4) is 11.5 Å². The van der Waals surface area contributed by atoms with Crippen LogP contribution in [0.15, 0.2) is 45.8 Å². The van der Waals surface area contributed by atoms with E-state index in [4.69, 9.17) is 33.3 Å². The molecular weight excluding hydrogens is 536 g/mol. The standard InChI is InChI=1S/C22H20BrClN2O4S2/c1-12(2)26-21(28)18(32-22(26)31)10-13-8-16(23)20(17(9-13)29-3)30-11-19(27)25-15-6-4-14(24)5-7-15/h4-10,12H,11H2,1-3H3,(H,25,27)/b18-10-. The van der Waals surface area contributed by atoms with E-state index in [0.717, 1.165) is 5.56 Å². The van der Waals surface area contributed by atoms with Gasteiger partial charge in [-0.1, -0.05) is 35.6 Å². The molecule has 0 radical (unpaired) electrons. The molecule has 1 heterocycles. The van der Waals surface area contributed by atoms with Crippen molar-refractivity contribution >= 4 is 79.4 Å². The van der Waals surface area contributed by atoms with Crippen LogP contribution in [-0.4, -0.2) is 40.8 Å². The van der Waals surface area contributed by atoms with Crippen LogP contribution in [0.5, 0.6) is 11.5 Å². The van der Waals surface area contributed by atoms with Gasteiger partial charge in [-0.05, 0) is 77.8 Å². The molecule has 1 saturated heterocycles. The predicted molar refractivity (Wildman–Crippen MR) is 136 cm³/mol. The zero-order valence-electron chi connectivity index (χ0n) is 17.5. The molecule has 0 unspecified atom stereocenters. The maximum atomic E-state index is 12.6. The highest BCUT2D eigenvalue weighted by atomic mass is 79.9. The van der Waals surface area contributed by atoms with Crippen molar-refractivity contribution < 1.29 is 19.1 Å². The quantitative estimate of drug-likeness (QED) is 0.347. The minimum absolute atomic E-state index is 0.00975. The summed E-state index contributed by atoms with van der Waals surface area (Å²) in [5, 5.41) is 3.32. The van der Waals surface area contributed by atoms with E-state index in [0.29, 0.717) is 35.9 Å².